The molecule has 0 aliphatic rings. The zero-order valence-electron chi connectivity index (χ0n) is 13.9. The molecule has 25 heavy (non-hydrogen) atoms. The molecule has 0 atom stereocenters. The van der Waals surface area contributed by atoms with Gasteiger partial charge in [-0.3, -0.25) is 9.59 Å². The van der Waals surface area contributed by atoms with Crippen LogP contribution in [-0.2, 0) is 11.2 Å². The molecule has 2 aromatic heterocycles. The fourth-order valence-electron chi connectivity index (χ4n) is 2.38. The number of anilines is 1. The molecule has 6 nitrogen and oxygen atoms in total. The molecule has 0 fully saturated rings. The Hall–Kier alpha value is -2.67. The highest BCUT2D eigenvalue weighted by Crippen LogP contribution is 2.27. The standard InChI is InChI=1S/C18H19N3O3S/c1-2-3-4-12-5-6-14-15(9-12)25-18(20-14)21-16(22)10-19-17(23)13-7-8-24-11-13/h5-9,11H,2-4,10H2,1H3,(H,19,23)(H,20,21,22). The number of aryl methyl sites for hydroxylation is 1. The van der Waals surface area contributed by atoms with Gasteiger partial charge in [-0.15, -0.1) is 0 Å². The van der Waals surface area contributed by atoms with E-state index in [-0.39, 0.29) is 18.4 Å². The van der Waals surface area contributed by atoms with Crippen molar-refractivity contribution in [3.63, 3.8) is 0 Å². The van der Waals surface area contributed by atoms with Crippen LogP contribution >= 0.6 is 11.3 Å². The van der Waals surface area contributed by atoms with Crippen LogP contribution in [0.15, 0.2) is 41.2 Å². The Morgan fingerprint density at radius 1 is 1.28 bits per heavy atom. The summed E-state index contributed by atoms with van der Waals surface area (Å²) in [7, 11) is 0. The molecule has 7 heteroatoms. The van der Waals surface area contributed by atoms with E-state index in [2.05, 4.69) is 34.7 Å². The van der Waals surface area contributed by atoms with Crippen LogP contribution in [0.2, 0.25) is 0 Å². The zero-order chi connectivity index (χ0) is 17.6. The number of unbranched alkanes of at least 4 members (excludes halogenated alkanes) is 1. The van der Waals surface area contributed by atoms with Crippen LogP contribution < -0.4 is 10.6 Å². The predicted molar refractivity (Wildman–Crippen MR) is 97.9 cm³/mol. The van der Waals surface area contributed by atoms with E-state index < -0.39 is 0 Å². The molecular weight excluding hydrogens is 338 g/mol. The van der Waals surface area contributed by atoms with Gasteiger partial charge < -0.3 is 15.1 Å². The molecule has 0 aliphatic carbocycles. The van der Waals surface area contributed by atoms with Crippen molar-refractivity contribution in [1.29, 1.82) is 0 Å². The van der Waals surface area contributed by atoms with Gasteiger partial charge in [0.05, 0.1) is 28.6 Å². The van der Waals surface area contributed by atoms with Gasteiger partial charge in [-0.1, -0.05) is 30.7 Å². The van der Waals surface area contributed by atoms with Crippen LogP contribution in [0, 0.1) is 0 Å². The Morgan fingerprint density at radius 3 is 2.92 bits per heavy atom. The zero-order valence-corrected chi connectivity index (χ0v) is 14.7. The van der Waals surface area contributed by atoms with E-state index in [4.69, 9.17) is 4.42 Å². The minimum atomic E-state index is -0.353. The highest BCUT2D eigenvalue weighted by molar-refractivity contribution is 7.22. The second-order valence-electron chi connectivity index (χ2n) is 5.67. The van der Waals surface area contributed by atoms with Gasteiger partial charge in [0.15, 0.2) is 5.13 Å². The molecule has 3 aromatic rings. The Balaban J connectivity index is 1.58. The van der Waals surface area contributed by atoms with Crippen LogP contribution in [0.1, 0.15) is 35.7 Å². The van der Waals surface area contributed by atoms with E-state index in [9.17, 15) is 9.59 Å². The highest BCUT2D eigenvalue weighted by Gasteiger charge is 2.11. The number of carbonyl (C=O) groups is 2. The van der Waals surface area contributed by atoms with Crippen molar-refractivity contribution >= 4 is 38.5 Å². The van der Waals surface area contributed by atoms with Crippen molar-refractivity contribution in [3.05, 3.63) is 47.9 Å². The molecule has 0 saturated heterocycles. The second kappa shape index (κ2) is 7.94. The first-order chi connectivity index (χ1) is 12.2. The van der Waals surface area contributed by atoms with Gasteiger partial charge in [-0.2, -0.15) is 0 Å². The van der Waals surface area contributed by atoms with Crippen molar-refractivity contribution in [2.45, 2.75) is 26.2 Å². The van der Waals surface area contributed by atoms with Crippen LogP contribution in [-0.4, -0.2) is 23.3 Å². The summed E-state index contributed by atoms with van der Waals surface area (Å²) < 4.78 is 5.88. The summed E-state index contributed by atoms with van der Waals surface area (Å²) >= 11 is 1.43. The lowest BCUT2D eigenvalue weighted by atomic mass is 10.1. The first-order valence-corrected chi connectivity index (χ1v) is 8.97. The summed E-state index contributed by atoms with van der Waals surface area (Å²) in [5, 5.41) is 5.79. The van der Waals surface area contributed by atoms with Gasteiger partial charge in [-0.05, 0) is 36.6 Å². The Bertz CT molecular complexity index is 871. The summed E-state index contributed by atoms with van der Waals surface area (Å²) in [5.41, 5.74) is 2.53. The number of fused-ring (bicyclic) bond motifs is 1. The van der Waals surface area contributed by atoms with E-state index >= 15 is 0 Å². The number of amides is 2. The smallest absolute Gasteiger partial charge is 0.254 e. The van der Waals surface area contributed by atoms with E-state index in [1.165, 1.54) is 35.5 Å². The molecule has 2 amide bonds. The topological polar surface area (TPSA) is 84.2 Å². The van der Waals surface area contributed by atoms with Crippen LogP contribution in [0.3, 0.4) is 0 Å². The maximum atomic E-state index is 12.0. The van der Waals surface area contributed by atoms with Gasteiger partial charge in [0.1, 0.15) is 6.26 Å². The molecule has 0 bridgehead atoms. The number of hydrogen-bond acceptors (Lipinski definition) is 5. The fourth-order valence-corrected chi connectivity index (χ4v) is 3.32. The summed E-state index contributed by atoms with van der Waals surface area (Å²) in [6, 6.07) is 7.72. The van der Waals surface area contributed by atoms with Crippen molar-refractivity contribution in [3.8, 4) is 0 Å². The van der Waals surface area contributed by atoms with Gasteiger partial charge >= 0.3 is 0 Å². The molecule has 3 rings (SSSR count). The van der Waals surface area contributed by atoms with E-state index in [1.54, 1.807) is 0 Å². The Morgan fingerprint density at radius 2 is 2.16 bits per heavy atom. The largest absolute Gasteiger partial charge is 0.472 e. The number of nitrogens with zero attached hydrogens (tertiary/aromatic N) is 1. The van der Waals surface area contributed by atoms with Crippen LogP contribution in [0.5, 0.6) is 0 Å². The van der Waals surface area contributed by atoms with Crippen molar-refractivity contribution in [2.75, 3.05) is 11.9 Å². The normalized spacial score (nSPS) is 10.8. The monoisotopic (exact) mass is 357 g/mol. The van der Waals surface area contributed by atoms with Crippen molar-refractivity contribution in [1.82, 2.24) is 10.3 Å². The maximum absolute atomic E-state index is 12.0. The van der Waals surface area contributed by atoms with Crippen LogP contribution in [0.25, 0.3) is 10.2 Å². The van der Waals surface area contributed by atoms with Crippen molar-refractivity contribution in [2.24, 2.45) is 0 Å². The number of aromatic nitrogens is 1. The van der Waals surface area contributed by atoms with Gasteiger partial charge in [0.2, 0.25) is 5.91 Å². The van der Waals surface area contributed by atoms with E-state index in [0.29, 0.717) is 10.7 Å². The molecular formula is C18H19N3O3S. The lowest BCUT2D eigenvalue weighted by molar-refractivity contribution is -0.115. The maximum Gasteiger partial charge on any atom is 0.254 e. The molecule has 130 valence electrons. The van der Waals surface area contributed by atoms with Crippen molar-refractivity contribution < 1.29 is 14.0 Å². The lowest BCUT2D eigenvalue weighted by Crippen LogP contribution is -2.32. The molecule has 0 radical (unpaired) electrons. The lowest BCUT2D eigenvalue weighted by Gasteiger charge is -2.03. The Labute approximate surface area is 149 Å². The molecule has 0 spiro atoms. The third kappa shape index (κ3) is 4.45. The third-order valence-electron chi connectivity index (χ3n) is 3.71. The second-order valence-corrected chi connectivity index (χ2v) is 6.70. The predicted octanol–water partition coefficient (Wildman–Crippen LogP) is 3.60. The Kier molecular flexibility index (Phi) is 5.45. The number of furan rings is 1. The summed E-state index contributed by atoms with van der Waals surface area (Å²) in [5.74, 6) is -0.670. The number of benzene rings is 1. The average molecular weight is 357 g/mol. The average Bonchev–Trinajstić information content (AvgIpc) is 3.26. The van der Waals surface area contributed by atoms with Gasteiger partial charge in [-0.25, -0.2) is 4.98 Å². The van der Waals surface area contributed by atoms with Gasteiger partial charge in [0.25, 0.3) is 5.91 Å². The summed E-state index contributed by atoms with van der Waals surface area (Å²) in [6.45, 7) is 2.05. The number of rotatable bonds is 7. The van der Waals surface area contributed by atoms with Crippen LogP contribution in [0.4, 0.5) is 5.13 Å². The fraction of sp³-hybridized carbons (Fsp3) is 0.278. The highest BCUT2D eigenvalue weighted by atomic mass is 32.1. The molecule has 2 N–H and O–H groups in total. The number of hydrogen-bond donors (Lipinski definition) is 2. The van der Waals surface area contributed by atoms with E-state index in [0.717, 1.165) is 29.5 Å². The molecule has 2 heterocycles. The molecule has 0 saturated carbocycles. The number of nitrogens with one attached hydrogen (secondary N) is 2. The van der Waals surface area contributed by atoms with Gasteiger partial charge in [0, 0.05) is 0 Å². The number of thiazole rings is 1. The number of carbonyl (C=O) groups excluding carboxylic acids is 2. The summed E-state index contributed by atoms with van der Waals surface area (Å²) in [6.07, 6.45) is 6.10. The quantitative estimate of drug-likeness (QED) is 0.677. The SMILES string of the molecule is CCCCc1ccc2nc(NC(=O)CNC(=O)c3ccoc3)sc2c1. The molecule has 1 aromatic carbocycles. The molecule has 0 aliphatic heterocycles. The minimum Gasteiger partial charge on any atom is -0.472 e. The first-order valence-electron chi connectivity index (χ1n) is 8.15. The first kappa shape index (κ1) is 17.2. The third-order valence-corrected chi connectivity index (χ3v) is 4.64. The van der Waals surface area contributed by atoms with E-state index in [1.807, 2.05) is 6.07 Å². The molecule has 0 unspecified atom stereocenters. The summed E-state index contributed by atoms with van der Waals surface area (Å²) in [4.78, 5) is 28.2. The minimum absolute atomic E-state index is 0.123.